The normalized spacial score (nSPS) is 22.1. The molecule has 0 saturated heterocycles. The summed E-state index contributed by atoms with van der Waals surface area (Å²) in [7, 11) is -3.00. The SMILES string of the molecule is C[Si](C)(Cl)CCC1([Si](C)(C)Cl)CCCCC1. The third-order valence-corrected chi connectivity index (χ3v) is 10.8. The van der Waals surface area contributed by atoms with Crippen LogP contribution in [-0.2, 0) is 0 Å². The standard InChI is InChI=1S/C12H26Cl2Si2/c1-15(2,13)11-10-12(16(3,4)14)8-6-5-7-9-12/h5-11H2,1-4H3. The Labute approximate surface area is 113 Å². The molecule has 0 bridgehead atoms. The molecular formula is C12H26Cl2Si2. The Hall–Kier alpha value is 1.01. The van der Waals surface area contributed by atoms with Gasteiger partial charge in [-0.05, 0) is 23.9 Å². The summed E-state index contributed by atoms with van der Waals surface area (Å²) < 4.78 is 0. The van der Waals surface area contributed by atoms with Crippen molar-refractivity contribution < 1.29 is 0 Å². The molecular weight excluding hydrogens is 271 g/mol. The quantitative estimate of drug-likeness (QED) is 0.443. The second-order valence-corrected chi connectivity index (χ2v) is 20.4. The second-order valence-electron chi connectivity index (χ2n) is 6.53. The van der Waals surface area contributed by atoms with Crippen LogP contribution in [-0.4, -0.2) is 14.8 Å². The van der Waals surface area contributed by atoms with Crippen molar-refractivity contribution in [1.29, 1.82) is 0 Å². The van der Waals surface area contributed by atoms with Crippen molar-refractivity contribution in [3.63, 3.8) is 0 Å². The van der Waals surface area contributed by atoms with Crippen LogP contribution in [0.15, 0.2) is 0 Å². The average Bonchev–Trinajstić information content (AvgIpc) is 2.13. The van der Waals surface area contributed by atoms with E-state index < -0.39 is 14.8 Å². The van der Waals surface area contributed by atoms with Crippen LogP contribution in [0, 0.1) is 0 Å². The van der Waals surface area contributed by atoms with Crippen LogP contribution in [0.3, 0.4) is 0 Å². The van der Waals surface area contributed by atoms with E-state index in [-0.39, 0.29) is 0 Å². The van der Waals surface area contributed by atoms with Crippen molar-refractivity contribution in [2.24, 2.45) is 0 Å². The molecule has 1 saturated carbocycles. The largest absolute Gasteiger partial charge is 0.168 e. The van der Waals surface area contributed by atoms with Crippen LogP contribution >= 0.6 is 22.2 Å². The summed E-state index contributed by atoms with van der Waals surface area (Å²) in [6.07, 6.45) is 8.18. The first-order valence-corrected chi connectivity index (χ1v) is 14.8. The van der Waals surface area contributed by atoms with Gasteiger partial charge in [-0.2, -0.15) is 22.2 Å². The molecule has 1 rings (SSSR count). The van der Waals surface area contributed by atoms with Gasteiger partial charge in [0, 0.05) is 0 Å². The summed E-state index contributed by atoms with van der Waals surface area (Å²) in [5.41, 5.74) is 0. The number of hydrogen-bond donors (Lipinski definition) is 0. The molecule has 1 aliphatic carbocycles. The van der Waals surface area contributed by atoms with E-state index in [0.29, 0.717) is 5.04 Å². The summed E-state index contributed by atoms with van der Waals surface area (Å²) in [5, 5.41) is 0.478. The minimum Gasteiger partial charge on any atom is -0.168 e. The Morgan fingerprint density at radius 1 is 0.938 bits per heavy atom. The number of hydrogen-bond acceptors (Lipinski definition) is 0. The molecule has 1 aliphatic rings. The molecule has 16 heavy (non-hydrogen) atoms. The van der Waals surface area contributed by atoms with E-state index in [1.54, 1.807) is 0 Å². The molecule has 0 atom stereocenters. The number of halogens is 2. The molecule has 0 aromatic rings. The number of rotatable bonds is 4. The Balaban J connectivity index is 2.72. The molecule has 0 radical (unpaired) electrons. The first-order valence-electron chi connectivity index (χ1n) is 6.54. The van der Waals surface area contributed by atoms with Crippen molar-refractivity contribution >= 4 is 36.9 Å². The lowest BCUT2D eigenvalue weighted by Crippen LogP contribution is -2.40. The van der Waals surface area contributed by atoms with Crippen LogP contribution in [0.25, 0.3) is 0 Å². The summed E-state index contributed by atoms with van der Waals surface area (Å²) in [6.45, 7) is 9.19. The third-order valence-electron chi connectivity index (χ3n) is 4.27. The van der Waals surface area contributed by atoms with Crippen LogP contribution in [0.2, 0.25) is 37.3 Å². The van der Waals surface area contributed by atoms with E-state index in [2.05, 4.69) is 26.2 Å². The van der Waals surface area contributed by atoms with Gasteiger partial charge in [-0.15, -0.1) is 0 Å². The maximum atomic E-state index is 6.81. The molecule has 0 nitrogen and oxygen atoms in total. The van der Waals surface area contributed by atoms with Crippen molar-refractivity contribution in [3.05, 3.63) is 0 Å². The predicted octanol–water partition coefficient (Wildman–Crippen LogP) is 5.97. The van der Waals surface area contributed by atoms with Gasteiger partial charge in [-0.3, -0.25) is 0 Å². The maximum absolute atomic E-state index is 6.81. The fraction of sp³-hybridized carbons (Fsp3) is 1.00. The van der Waals surface area contributed by atoms with Gasteiger partial charge in [0.05, 0.1) is 0 Å². The molecule has 1 fully saturated rings. The van der Waals surface area contributed by atoms with Gasteiger partial charge in [0.1, 0.15) is 0 Å². The van der Waals surface area contributed by atoms with Gasteiger partial charge in [0.25, 0.3) is 0 Å². The molecule has 96 valence electrons. The lowest BCUT2D eigenvalue weighted by Gasteiger charge is -2.45. The lowest BCUT2D eigenvalue weighted by molar-refractivity contribution is 0.357. The zero-order valence-electron chi connectivity index (χ0n) is 11.2. The highest BCUT2D eigenvalue weighted by atomic mass is 35.6. The van der Waals surface area contributed by atoms with E-state index in [0.717, 1.165) is 0 Å². The fourth-order valence-electron chi connectivity index (χ4n) is 2.91. The van der Waals surface area contributed by atoms with Crippen LogP contribution in [0.1, 0.15) is 38.5 Å². The molecule has 0 aromatic carbocycles. The minimum absolute atomic E-state index is 0.478. The zero-order valence-corrected chi connectivity index (χ0v) is 14.7. The summed E-state index contributed by atoms with van der Waals surface area (Å²) in [5.74, 6) is 0. The Morgan fingerprint density at radius 3 is 1.81 bits per heavy atom. The van der Waals surface area contributed by atoms with Crippen LogP contribution < -0.4 is 0 Å². The van der Waals surface area contributed by atoms with Crippen molar-refractivity contribution in [2.75, 3.05) is 0 Å². The highest BCUT2D eigenvalue weighted by Crippen LogP contribution is 2.56. The summed E-state index contributed by atoms with van der Waals surface area (Å²) in [6, 6.07) is 1.23. The molecule has 0 aromatic heterocycles. The van der Waals surface area contributed by atoms with Gasteiger partial charge in [0.2, 0.25) is 0 Å². The molecule has 0 aliphatic heterocycles. The van der Waals surface area contributed by atoms with Gasteiger partial charge in [0.15, 0.2) is 14.8 Å². The first-order chi connectivity index (χ1) is 7.16. The monoisotopic (exact) mass is 296 g/mol. The van der Waals surface area contributed by atoms with E-state index >= 15 is 0 Å². The zero-order chi connectivity index (χ0) is 12.4. The summed E-state index contributed by atoms with van der Waals surface area (Å²) >= 11 is 13.3. The van der Waals surface area contributed by atoms with Gasteiger partial charge in [-0.1, -0.05) is 51.9 Å². The molecule has 0 unspecified atom stereocenters. The fourth-order valence-corrected chi connectivity index (χ4v) is 7.63. The highest BCUT2D eigenvalue weighted by Gasteiger charge is 2.46. The molecule has 4 heteroatoms. The van der Waals surface area contributed by atoms with Crippen LogP contribution in [0.5, 0.6) is 0 Å². The van der Waals surface area contributed by atoms with Crippen LogP contribution in [0.4, 0.5) is 0 Å². The minimum atomic E-state index is -1.57. The lowest BCUT2D eigenvalue weighted by atomic mass is 9.86. The van der Waals surface area contributed by atoms with Crippen molar-refractivity contribution in [1.82, 2.24) is 0 Å². The van der Waals surface area contributed by atoms with Crippen molar-refractivity contribution in [3.8, 4) is 0 Å². The van der Waals surface area contributed by atoms with Gasteiger partial charge < -0.3 is 0 Å². The van der Waals surface area contributed by atoms with E-state index in [1.807, 2.05) is 0 Å². The van der Waals surface area contributed by atoms with Gasteiger partial charge >= 0.3 is 0 Å². The smallest absolute Gasteiger partial charge is 0.156 e. The topological polar surface area (TPSA) is 0 Å². The molecule has 0 heterocycles. The Bertz CT molecular complexity index is 222. The predicted molar refractivity (Wildman–Crippen MR) is 81.9 cm³/mol. The maximum Gasteiger partial charge on any atom is 0.156 e. The summed E-state index contributed by atoms with van der Waals surface area (Å²) in [4.78, 5) is 0. The van der Waals surface area contributed by atoms with Crippen molar-refractivity contribution in [2.45, 2.75) is 75.8 Å². The highest BCUT2D eigenvalue weighted by molar-refractivity contribution is 7.21. The average molecular weight is 297 g/mol. The van der Waals surface area contributed by atoms with E-state index in [9.17, 15) is 0 Å². The van der Waals surface area contributed by atoms with E-state index in [4.69, 9.17) is 22.2 Å². The molecule has 0 N–H and O–H groups in total. The molecule has 0 spiro atoms. The Morgan fingerprint density at radius 2 is 1.44 bits per heavy atom. The first kappa shape index (κ1) is 15.1. The second kappa shape index (κ2) is 5.33. The van der Waals surface area contributed by atoms with E-state index in [1.165, 1.54) is 44.6 Å². The van der Waals surface area contributed by atoms with Gasteiger partial charge in [-0.25, -0.2) is 0 Å². The molecule has 0 amide bonds. The third kappa shape index (κ3) is 4.04. The Kier molecular flexibility index (Phi) is 5.02.